The molecule has 0 spiro atoms. The Kier molecular flexibility index (Phi) is 2.39. The van der Waals surface area contributed by atoms with Crippen molar-refractivity contribution in [3.63, 3.8) is 0 Å². The molecule has 0 fully saturated rings. The molecule has 3 rings (SSSR count). The van der Waals surface area contributed by atoms with Gasteiger partial charge >= 0.3 is 7.48 Å². The third-order valence-electron chi connectivity index (χ3n) is 2.62. The van der Waals surface area contributed by atoms with Gasteiger partial charge in [0.05, 0.1) is 0 Å². The molecule has 0 unspecified atom stereocenters. The first kappa shape index (κ1) is 10.1. The average molecular weight is 246 g/mol. The molecule has 1 radical (unpaired) electrons. The summed E-state index contributed by atoms with van der Waals surface area (Å²) in [5, 5.41) is 12.0. The van der Waals surface area contributed by atoms with E-state index in [1.807, 2.05) is 30.3 Å². The summed E-state index contributed by atoms with van der Waals surface area (Å²) in [6.45, 7) is 0. The highest BCUT2D eigenvalue weighted by Crippen LogP contribution is 2.37. The zero-order chi connectivity index (χ0) is 11.1. The van der Waals surface area contributed by atoms with Crippen molar-refractivity contribution in [2.75, 3.05) is 0 Å². The van der Waals surface area contributed by atoms with Crippen LogP contribution < -0.4 is 5.46 Å². The quantitative estimate of drug-likeness (QED) is 0.654. The van der Waals surface area contributed by atoms with E-state index in [-0.39, 0.29) is 0 Å². The average Bonchev–Trinajstić information content (AvgIpc) is 2.67. The van der Waals surface area contributed by atoms with Crippen molar-refractivity contribution in [1.82, 2.24) is 0 Å². The summed E-state index contributed by atoms with van der Waals surface area (Å²) in [7, 11) is 1.12. The maximum absolute atomic E-state index is 8.98. The molecule has 77 valence electrons. The summed E-state index contributed by atoms with van der Waals surface area (Å²) in [5.41, 5.74) is 0.815. The second-order valence-electron chi connectivity index (χ2n) is 3.60. The van der Waals surface area contributed by atoms with Crippen molar-refractivity contribution in [3.05, 3.63) is 41.4 Å². The van der Waals surface area contributed by atoms with E-state index in [1.54, 1.807) is 11.3 Å². The molecule has 0 bridgehead atoms. The molecule has 0 atom stereocenters. The molecule has 0 aliphatic carbocycles. The van der Waals surface area contributed by atoms with Gasteiger partial charge in [0.15, 0.2) is 0 Å². The van der Waals surface area contributed by atoms with Crippen molar-refractivity contribution in [3.8, 4) is 0 Å². The third kappa shape index (κ3) is 1.44. The summed E-state index contributed by atoms with van der Waals surface area (Å²) in [6, 6.07) is 11.8. The van der Waals surface area contributed by atoms with Crippen LogP contribution in [0.2, 0.25) is 5.02 Å². The van der Waals surface area contributed by atoms with E-state index in [4.69, 9.17) is 16.6 Å². The minimum absolute atomic E-state index is 0.782. The molecule has 1 aromatic heterocycles. The molecule has 2 aromatic carbocycles. The maximum atomic E-state index is 8.98. The van der Waals surface area contributed by atoms with Crippen LogP contribution in [0, 0.1) is 0 Å². The Labute approximate surface area is 103 Å². The SMILES string of the molecule is O[B]c1ccc2c(c1)sc1cccc(Cl)c12. The van der Waals surface area contributed by atoms with Crippen molar-refractivity contribution in [1.29, 1.82) is 0 Å². The monoisotopic (exact) mass is 245 g/mol. The number of hydrogen-bond acceptors (Lipinski definition) is 2. The van der Waals surface area contributed by atoms with Gasteiger partial charge in [-0.3, -0.25) is 0 Å². The van der Waals surface area contributed by atoms with E-state index in [0.29, 0.717) is 0 Å². The van der Waals surface area contributed by atoms with E-state index in [1.165, 1.54) is 4.70 Å². The van der Waals surface area contributed by atoms with Crippen LogP contribution in [0.3, 0.4) is 0 Å². The van der Waals surface area contributed by atoms with Crippen LogP contribution >= 0.6 is 22.9 Å². The summed E-state index contributed by atoms with van der Waals surface area (Å²) in [6.07, 6.45) is 0. The maximum Gasteiger partial charge on any atom is 0.326 e. The Bertz CT molecular complexity index is 677. The largest absolute Gasteiger partial charge is 0.450 e. The molecule has 1 heterocycles. The Hall–Kier alpha value is -1.03. The first-order valence-electron chi connectivity index (χ1n) is 4.88. The van der Waals surface area contributed by atoms with Crippen LogP contribution in [0.15, 0.2) is 36.4 Å². The Morgan fingerprint density at radius 2 is 2.00 bits per heavy atom. The van der Waals surface area contributed by atoms with Gasteiger partial charge in [-0.05, 0) is 18.2 Å². The van der Waals surface area contributed by atoms with Gasteiger partial charge in [-0.25, -0.2) is 0 Å². The van der Waals surface area contributed by atoms with E-state index in [2.05, 4.69) is 6.07 Å². The molecule has 1 N–H and O–H groups in total. The molecule has 16 heavy (non-hydrogen) atoms. The smallest absolute Gasteiger partial charge is 0.326 e. The number of benzene rings is 2. The molecule has 0 saturated heterocycles. The van der Waals surface area contributed by atoms with Crippen molar-refractivity contribution in [2.24, 2.45) is 0 Å². The number of hydrogen-bond donors (Lipinski definition) is 1. The summed E-state index contributed by atoms with van der Waals surface area (Å²) in [4.78, 5) is 0. The highest BCUT2D eigenvalue weighted by atomic mass is 35.5. The van der Waals surface area contributed by atoms with Gasteiger partial charge in [0.25, 0.3) is 0 Å². The molecular weight excluding hydrogens is 238 g/mol. The molecule has 0 aliphatic heterocycles. The van der Waals surface area contributed by atoms with Crippen LogP contribution in [0.4, 0.5) is 0 Å². The zero-order valence-corrected chi connectivity index (χ0v) is 9.85. The number of fused-ring (bicyclic) bond motifs is 3. The number of halogens is 1. The molecule has 1 nitrogen and oxygen atoms in total. The van der Waals surface area contributed by atoms with Crippen molar-refractivity contribution < 1.29 is 5.02 Å². The van der Waals surface area contributed by atoms with Gasteiger partial charge in [0.2, 0.25) is 0 Å². The topological polar surface area (TPSA) is 20.2 Å². The first-order chi connectivity index (χ1) is 7.79. The van der Waals surface area contributed by atoms with Gasteiger partial charge in [0, 0.05) is 25.2 Å². The second-order valence-corrected chi connectivity index (χ2v) is 5.09. The normalized spacial score (nSPS) is 11.1. The van der Waals surface area contributed by atoms with Crippen molar-refractivity contribution in [2.45, 2.75) is 0 Å². The highest BCUT2D eigenvalue weighted by Gasteiger charge is 2.08. The predicted octanol–water partition coefficient (Wildman–Crippen LogP) is 2.94. The fraction of sp³-hybridized carbons (Fsp3) is 0. The van der Waals surface area contributed by atoms with Gasteiger partial charge in [0.1, 0.15) is 0 Å². The lowest BCUT2D eigenvalue weighted by Gasteiger charge is -1.96. The minimum Gasteiger partial charge on any atom is -0.450 e. The molecule has 0 saturated carbocycles. The lowest BCUT2D eigenvalue weighted by atomic mass is 9.88. The van der Waals surface area contributed by atoms with Crippen LogP contribution in [0.5, 0.6) is 0 Å². The van der Waals surface area contributed by atoms with Gasteiger partial charge in [-0.15, -0.1) is 11.3 Å². The van der Waals surface area contributed by atoms with E-state index >= 15 is 0 Å². The minimum atomic E-state index is 0.782. The molecule has 0 amide bonds. The van der Waals surface area contributed by atoms with Gasteiger partial charge in [-0.1, -0.05) is 35.3 Å². The summed E-state index contributed by atoms with van der Waals surface area (Å²) < 4.78 is 2.32. The Balaban J connectivity index is 2.47. The first-order valence-corrected chi connectivity index (χ1v) is 6.07. The fourth-order valence-electron chi connectivity index (χ4n) is 1.88. The lowest BCUT2D eigenvalue weighted by Crippen LogP contribution is -2.11. The van der Waals surface area contributed by atoms with E-state index < -0.39 is 0 Å². The van der Waals surface area contributed by atoms with Gasteiger partial charge in [-0.2, -0.15) is 0 Å². The standard InChI is InChI=1S/C12H7BClOS/c14-9-2-1-3-10-12(9)8-5-4-7(13-15)6-11(8)16-10/h1-6,15H. The third-order valence-corrected chi connectivity index (χ3v) is 4.05. The number of thiophene rings is 1. The zero-order valence-electron chi connectivity index (χ0n) is 8.27. The second kappa shape index (κ2) is 3.77. The Morgan fingerprint density at radius 3 is 2.81 bits per heavy atom. The molecule has 0 aliphatic rings. The van der Waals surface area contributed by atoms with E-state index in [9.17, 15) is 0 Å². The van der Waals surface area contributed by atoms with Gasteiger partial charge < -0.3 is 5.02 Å². The highest BCUT2D eigenvalue weighted by molar-refractivity contribution is 7.26. The summed E-state index contributed by atoms with van der Waals surface area (Å²) in [5.74, 6) is 0. The molecular formula is C12H7BClOS. The van der Waals surface area contributed by atoms with Crippen LogP contribution in [0.1, 0.15) is 0 Å². The van der Waals surface area contributed by atoms with Crippen LogP contribution in [-0.4, -0.2) is 12.5 Å². The number of rotatable bonds is 1. The lowest BCUT2D eigenvalue weighted by molar-refractivity contribution is 0.615. The predicted molar refractivity (Wildman–Crippen MR) is 71.9 cm³/mol. The summed E-state index contributed by atoms with van der Waals surface area (Å²) >= 11 is 7.89. The van der Waals surface area contributed by atoms with Crippen LogP contribution in [0.25, 0.3) is 20.2 Å². The Morgan fingerprint density at radius 1 is 1.12 bits per heavy atom. The fourth-order valence-corrected chi connectivity index (χ4v) is 3.39. The van der Waals surface area contributed by atoms with E-state index in [0.717, 1.165) is 33.4 Å². The van der Waals surface area contributed by atoms with Crippen molar-refractivity contribution >= 4 is 56.1 Å². The molecule has 4 heteroatoms. The molecule has 3 aromatic rings. The van der Waals surface area contributed by atoms with Crippen LogP contribution in [-0.2, 0) is 0 Å².